The van der Waals surface area contributed by atoms with Crippen molar-refractivity contribution in [2.24, 2.45) is 11.1 Å². The van der Waals surface area contributed by atoms with Crippen LogP contribution in [0.5, 0.6) is 0 Å². The molecular weight excluding hydrogens is 192 g/mol. The molecule has 0 aromatic rings. The summed E-state index contributed by atoms with van der Waals surface area (Å²) in [6, 6.07) is -0.433. The topological polar surface area (TPSA) is 64.4 Å². The van der Waals surface area contributed by atoms with Gasteiger partial charge in [-0.1, -0.05) is 6.92 Å². The summed E-state index contributed by atoms with van der Waals surface area (Å²) in [7, 11) is 1.61. The van der Waals surface area contributed by atoms with Crippen LogP contribution in [0.2, 0.25) is 0 Å². The lowest BCUT2D eigenvalue weighted by Gasteiger charge is -2.16. The van der Waals surface area contributed by atoms with Crippen LogP contribution in [0.15, 0.2) is 0 Å². The Morgan fingerprint density at radius 1 is 1.60 bits per heavy atom. The van der Waals surface area contributed by atoms with E-state index in [2.05, 4.69) is 12.2 Å². The van der Waals surface area contributed by atoms with Gasteiger partial charge in [-0.05, 0) is 31.1 Å². The number of carbonyl (C=O) groups is 1. The fourth-order valence-corrected chi connectivity index (χ4v) is 1.61. The highest BCUT2D eigenvalue weighted by Gasteiger charge is 2.40. The van der Waals surface area contributed by atoms with Crippen molar-refractivity contribution in [3.8, 4) is 0 Å². The number of hydrogen-bond acceptors (Lipinski definition) is 3. The highest BCUT2D eigenvalue weighted by molar-refractivity contribution is 5.81. The molecule has 1 aliphatic carbocycles. The molecule has 4 nitrogen and oxygen atoms in total. The zero-order chi connectivity index (χ0) is 11.3. The molecule has 0 radical (unpaired) electrons. The van der Waals surface area contributed by atoms with E-state index in [1.165, 1.54) is 12.8 Å². The third-order valence-corrected chi connectivity index (χ3v) is 3.31. The lowest BCUT2D eigenvalue weighted by molar-refractivity contribution is -0.123. The van der Waals surface area contributed by atoms with Crippen LogP contribution in [0, 0.1) is 5.41 Å². The van der Waals surface area contributed by atoms with Crippen molar-refractivity contribution in [2.45, 2.75) is 38.6 Å². The van der Waals surface area contributed by atoms with Gasteiger partial charge in [0.25, 0.3) is 0 Å². The predicted molar refractivity (Wildman–Crippen MR) is 59.4 cm³/mol. The smallest absolute Gasteiger partial charge is 0.237 e. The Kier molecular flexibility index (Phi) is 4.54. The molecule has 1 saturated carbocycles. The van der Waals surface area contributed by atoms with E-state index in [1.807, 2.05) is 0 Å². The number of rotatable bonds is 7. The lowest BCUT2D eigenvalue weighted by Crippen LogP contribution is -2.43. The monoisotopic (exact) mass is 214 g/mol. The van der Waals surface area contributed by atoms with Gasteiger partial charge in [0.15, 0.2) is 0 Å². The number of ether oxygens (including phenoxy) is 1. The fourth-order valence-electron chi connectivity index (χ4n) is 1.61. The van der Waals surface area contributed by atoms with Crippen molar-refractivity contribution in [1.29, 1.82) is 0 Å². The first-order valence-electron chi connectivity index (χ1n) is 5.66. The van der Waals surface area contributed by atoms with Crippen molar-refractivity contribution in [3.05, 3.63) is 0 Å². The maximum Gasteiger partial charge on any atom is 0.237 e. The van der Waals surface area contributed by atoms with E-state index in [-0.39, 0.29) is 5.91 Å². The summed E-state index contributed by atoms with van der Waals surface area (Å²) in [4.78, 5) is 11.5. The summed E-state index contributed by atoms with van der Waals surface area (Å²) in [5.41, 5.74) is 6.09. The van der Waals surface area contributed by atoms with Gasteiger partial charge >= 0.3 is 0 Å². The van der Waals surface area contributed by atoms with Crippen LogP contribution in [-0.2, 0) is 9.53 Å². The Morgan fingerprint density at radius 3 is 2.73 bits per heavy atom. The van der Waals surface area contributed by atoms with E-state index in [0.29, 0.717) is 18.4 Å². The van der Waals surface area contributed by atoms with Crippen LogP contribution in [0.4, 0.5) is 0 Å². The number of methoxy groups -OCH3 is 1. The highest BCUT2D eigenvalue weighted by atomic mass is 16.5. The summed E-state index contributed by atoms with van der Waals surface area (Å²) in [6.45, 7) is 3.49. The van der Waals surface area contributed by atoms with Crippen LogP contribution in [-0.4, -0.2) is 32.2 Å². The second-order valence-electron chi connectivity index (χ2n) is 4.46. The number of carbonyl (C=O) groups excluding carboxylic acids is 1. The third kappa shape index (κ3) is 3.80. The Hall–Kier alpha value is -0.610. The maximum absolute atomic E-state index is 11.5. The average Bonchev–Trinajstić information content (AvgIpc) is 3.03. The zero-order valence-electron chi connectivity index (χ0n) is 9.71. The van der Waals surface area contributed by atoms with Crippen LogP contribution in [0.1, 0.15) is 32.6 Å². The first-order chi connectivity index (χ1) is 7.13. The van der Waals surface area contributed by atoms with Gasteiger partial charge in [-0.25, -0.2) is 0 Å². The third-order valence-electron chi connectivity index (χ3n) is 3.31. The van der Waals surface area contributed by atoms with Gasteiger partial charge < -0.3 is 15.8 Å². The highest BCUT2D eigenvalue weighted by Crippen LogP contribution is 2.47. The molecule has 15 heavy (non-hydrogen) atoms. The van der Waals surface area contributed by atoms with Crippen LogP contribution in [0.3, 0.4) is 0 Å². The number of nitrogens with two attached hydrogens (primary N) is 1. The first kappa shape index (κ1) is 12.5. The van der Waals surface area contributed by atoms with Gasteiger partial charge in [0.1, 0.15) is 0 Å². The van der Waals surface area contributed by atoms with Crippen molar-refractivity contribution in [2.75, 3.05) is 20.3 Å². The number of amides is 1. The Balaban J connectivity index is 2.17. The minimum Gasteiger partial charge on any atom is -0.385 e. The normalized spacial score (nSPS) is 19.7. The van der Waals surface area contributed by atoms with Crippen molar-refractivity contribution >= 4 is 5.91 Å². The molecule has 88 valence electrons. The molecular formula is C11H22N2O2. The molecule has 1 aliphatic rings. The van der Waals surface area contributed by atoms with Crippen LogP contribution >= 0.6 is 0 Å². The van der Waals surface area contributed by atoms with E-state index in [0.717, 1.165) is 13.0 Å². The molecule has 3 N–H and O–H groups in total. The molecule has 0 heterocycles. The summed E-state index contributed by atoms with van der Waals surface area (Å²) in [5, 5.41) is 2.93. The van der Waals surface area contributed by atoms with Gasteiger partial charge in [-0.3, -0.25) is 4.79 Å². The largest absolute Gasteiger partial charge is 0.385 e. The minimum atomic E-state index is -0.433. The molecule has 4 heteroatoms. The average molecular weight is 214 g/mol. The molecule has 1 amide bonds. The summed E-state index contributed by atoms with van der Waals surface area (Å²) in [5.74, 6) is -0.0493. The van der Waals surface area contributed by atoms with Gasteiger partial charge in [-0.2, -0.15) is 0 Å². The molecule has 0 saturated heterocycles. The molecule has 0 aromatic carbocycles. The zero-order valence-corrected chi connectivity index (χ0v) is 9.71. The first-order valence-corrected chi connectivity index (χ1v) is 5.66. The predicted octanol–water partition coefficient (Wildman–Crippen LogP) is 0.657. The number of nitrogens with one attached hydrogen (secondary N) is 1. The van der Waals surface area contributed by atoms with Crippen molar-refractivity contribution < 1.29 is 9.53 Å². The van der Waals surface area contributed by atoms with Crippen LogP contribution in [0.25, 0.3) is 0 Å². The van der Waals surface area contributed by atoms with Gasteiger partial charge in [-0.15, -0.1) is 0 Å². The quantitative estimate of drug-likeness (QED) is 0.654. The van der Waals surface area contributed by atoms with E-state index < -0.39 is 6.04 Å². The fraction of sp³-hybridized carbons (Fsp3) is 0.909. The molecule has 1 unspecified atom stereocenters. The summed E-state index contributed by atoms with van der Waals surface area (Å²) < 4.78 is 4.88. The minimum absolute atomic E-state index is 0.0493. The SMILES string of the molecule is CCC1(CNC(=O)C(N)CCOC)CC1. The summed E-state index contributed by atoms with van der Waals surface area (Å²) in [6.07, 6.45) is 4.19. The Bertz CT molecular complexity index is 215. The summed E-state index contributed by atoms with van der Waals surface area (Å²) >= 11 is 0. The molecule has 0 bridgehead atoms. The van der Waals surface area contributed by atoms with Gasteiger partial charge in [0.2, 0.25) is 5.91 Å². The van der Waals surface area contributed by atoms with E-state index in [4.69, 9.17) is 10.5 Å². The second-order valence-corrected chi connectivity index (χ2v) is 4.46. The van der Waals surface area contributed by atoms with E-state index >= 15 is 0 Å². The molecule has 0 spiro atoms. The van der Waals surface area contributed by atoms with Gasteiger partial charge in [0, 0.05) is 20.3 Å². The standard InChI is InChI=1S/C11H22N2O2/c1-3-11(5-6-11)8-13-10(14)9(12)4-7-15-2/h9H,3-8,12H2,1-2H3,(H,13,14). The Labute approximate surface area is 91.5 Å². The molecule has 1 fully saturated rings. The molecule has 1 rings (SSSR count). The number of hydrogen-bond donors (Lipinski definition) is 2. The molecule has 1 atom stereocenters. The van der Waals surface area contributed by atoms with E-state index in [1.54, 1.807) is 7.11 Å². The molecule has 0 aromatic heterocycles. The maximum atomic E-state index is 11.5. The van der Waals surface area contributed by atoms with Crippen molar-refractivity contribution in [3.63, 3.8) is 0 Å². The van der Waals surface area contributed by atoms with Gasteiger partial charge in [0.05, 0.1) is 6.04 Å². The second kappa shape index (κ2) is 5.47. The lowest BCUT2D eigenvalue weighted by atomic mass is 10.0. The Morgan fingerprint density at radius 2 is 2.27 bits per heavy atom. The van der Waals surface area contributed by atoms with Crippen molar-refractivity contribution in [1.82, 2.24) is 5.32 Å². The van der Waals surface area contributed by atoms with Crippen LogP contribution < -0.4 is 11.1 Å². The van der Waals surface area contributed by atoms with E-state index in [9.17, 15) is 4.79 Å². The molecule has 0 aliphatic heterocycles.